The predicted octanol–water partition coefficient (Wildman–Crippen LogP) is 3.18. The average Bonchev–Trinajstić information content (AvgIpc) is 3.19. The summed E-state index contributed by atoms with van der Waals surface area (Å²) in [4.78, 5) is 20.0. The number of anilines is 1. The van der Waals surface area contributed by atoms with Crippen LogP contribution in [0.25, 0.3) is 0 Å². The molecule has 0 radical (unpaired) electrons. The molecule has 3 rings (SSSR count). The zero-order chi connectivity index (χ0) is 15.2. The van der Waals surface area contributed by atoms with E-state index in [9.17, 15) is 4.79 Å². The maximum absolute atomic E-state index is 11.7. The molecular weight excluding hydrogens is 300 g/mol. The molecule has 0 unspecified atom stereocenters. The zero-order valence-corrected chi connectivity index (χ0v) is 12.9. The van der Waals surface area contributed by atoms with Gasteiger partial charge in [0.15, 0.2) is 5.13 Å². The smallest absolute Gasteiger partial charge is 0.321 e. The molecule has 1 aliphatic rings. The summed E-state index contributed by atoms with van der Waals surface area (Å²) >= 11 is 1.38. The van der Waals surface area contributed by atoms with Gasteiger partial charge in [-0.3, -0.25) is 5.32 Å². The molecule has 2 aromatic heterocycles. The van der Waals surface area contributed by atoms with Crippen molar-refractivity contribution in [2.45, 2.75) is 38.3 Å². The molecule has 116 valence electrons. The number of nitrogens with zero attached hydrogens (tertiary/aromatic N) is 2. The number of carbonyl (C=O) groups excluding carboxylic acids is 1. The van der Waals surface area contributed by atoms with Gasteiger partial charge >= 0.3 is 6.03 Å². The Balaban J connectivity index is 1.50. The third-order valence-electron chi connectivity index (χ3n) is 3.49. The molecule has 0 spiro atoms. The van der Waals surface area contributed by atoms with Gasteiger partial charge in [-0.25, -0.2) is 14.8 Å². The predicted molar refractivity (Wildman–Crippen MR) is 85.1 cm³/mol. The highest BCUT2D eigenvalue weighted by atomic mass is 32.1. The van der Waals surface area contributed by atoms with Crippen molar-refractivity contribution in [2.24, 2.45) is 0 Å². The Morgan fingerprint density at radius 1 is 1.32 bits per heavy atom. The van der Waals surface area contributed by atoms with Crippen molar-refractivity contribution in [1.82, 2.24) is 15.3 Å². The van der Waals surface area contributed by atoms with Crippen LogP contribution in [0.4, 0.5) is 9.93 Å². The molecule has 1 saturated carbocycles. The topological polar surface area (TPSA) is 76.1 Å². The molecule has 0 bridgehead atoms. The number of urea groups is 1. The van der Waals surface area contributed by atoms with E-state index in [1.54, 1.807) is 12.4 Å². The Bertz CT molecular complexity index is 612. The van der Waals surface area contributed by atoms with Crippen molar-refractivity contribution in [3.63, 3.8) is 0 Å². The van der Waals surface area contributed by atoms with Crippen LogP contribution in [-0.2, 0) is 6.54 Å². The number of thiazole rings is 1. The van der Waals surface area contributed by atoms with E-state index in [0.717, 1.165) is 18.4 Å². The van der Waals surface area contributed by atoms with Crippen molar-refractivity contribution >= 4 is 22.5 Å². The van der Waals surface area contributed by atoms with E-state index < -0.39 is 0 Å². The van der Waals surface area contributed by atoms with Gasteiger partial charge in [-0.05, 0) is 37.3 Å². The van der Waals surface area contributed by atoms with Crippen LogP contribution in [0.15, 0.2) is 29.9 Å². The summed E-state index contributed by atoms with van der Waals surface area (Å²) in [6, 6.07) is 3.47. The second-order valence-corrected chi connectivity index (χ2v) is 6.07. The van der Waals surface area contributed by atoms with Crippen molar-refractivity contribution in [2.75, 3.05) is 5.32 Å². The summed E-state index contributed by atoms with van der Waals surface area (Å²) in [5.74, 6) is 0.631. The Kier molecular flexibility index (Phi) is 4.85. The molecule has 22 heavy (non-hydrogen) atoms. The molecule has 1 fully saturated rings. The van der Waals surface area contributed by atoms with Gasteiger partial charge in [0.25, 0.3) is 0 Å². The largest absolute Gasteiger partial charge is 0.474 e. The van der Waals surface area contributed by atoms with Gasteiger partial charge in [0.2, 0.25) is 5.88 Å². The molecule has 2 heterocycles. The monoisotopic (exact) mass is 318 g/mol. The molecule has 7 heteroatoms. The maximum Gasteiger partial charge on any atom is 0.321 e. The van der Waals surface area contributed by atoms with Gasteiger partial charge in [0.05, 0.1) is 0 Å². The number of nitrogens with one attached hydrogen (secondary N) is 2. The van der Waals surface area contributed by atoms with Gasteiger partial charge in [-0.2, -0.15) is 0 Å². The SMILES string of the molecule is O=C(NCc1ccnc(OC2CCCC2)c1)Nc1nccs1. The summed E-state index contributed by atoms with van der Waals surface area (Å²) in [5.41, 5.74) is 0.956. The normalized spacial score (nSPS) is 14.7. The van der Waals surface area contributed by atoms with Gasteiger partial charge in [-0.15, -0.1) is 11.3 Å². The molecule has 2 aromatic rings. The van der Waals surface area contributed by atoms with Crippen LogP contribution < -0.4 is 15.4 Å². The summed E-state index contributed by atoms with van der Waals surface area (Å²) in [7, 11) is 0. The van der Waals surface area contributed by atoms with E-state index in [1.807, 2.05) is 17.5 Å². The van der Waals surface area contributed by atoms with Gasteiger partial charge in [0, 0.05) is 30.4 Å². The van der Waals surface area contributed by atoms with Crippen molar-refractivity contribution in [3.05, 3.63) is 35.5 Å². The van der Waals surface area contributed by atoms with E-state index in [2.05, 4.69) is 20.6 Å². The Hall–Kier alpha value is -2.15. The lowest BCUT2D eigenvalue weighted by atomic mass is 10.2. The van der Waals surface area contributed by atoms with E-state index in [-0.39, 0.29) is 12.1 Å². The molecule has 2 amide bonds. The van der Waals surface area contributed by atoms with Crippen LogP contribution in [-0.4, -0.2) is 22.1 Å². The molecule has 0 aliphatic heterocycles. The third kappa shape index (κ3) is 4.17. The lowest BCUT2D eigenvalue weighted by molar-refractivity contribution is 0.201. The number of rotatable bonds is 5. The molecule has 1 aliphatic carbocycles. The van der Waals surface area contributed by atoms with Gasteiger partial charge < -0.3 is 10.1 Å². The highest BCUT2D eigenvalue weighted by molar-refractivity contribution is 7.13. The van der Waals surface area contributed by atoms with Crippen LogP contribution in [0.5, 0.6) is 5.88 Å². The minimum atomic E-state index is -0.273. The fourth-order valence-corrected chi connectivity index (χ4v) is 2.93. The van der Waals surface area contributed by atoms with Crippen LogP contribution >= 0.6 is 11.3 Å². The number of hydrogen-bond acceptors (Lipinski definition) is 5. The first-order valence-electron chi connectivity index (χ1n) is 7.35. The summed E-state index contributed by atoms with van der Waals surface area (Å²) in [5, 5.41) is 7.86. The standard InChI is InChI=1S/C15H18N4O2S/c20-14(19-15-17-7-8-22-15)18-10-11-5-6-16-13(9-11)21-12-3-1-2-4-12/h5-9,12H,1-4,10H2,(H2,17,18,19,20). The van der Waals surface area contributed by atoms with Crippen LogP contribution in [0, 0.1) is 0 Å². The number of amides is 2. The summed E-state index contributed by atoms with van der Waals surface area (Å²) < 4.78 is 5.86. The van der Waals surface area contributed by atoms with Gasteiger partial charge in [0.1, 0.15) is 6.10 Å². The molecule has 2 N–H and O–H groups in total. The quantitative estimate of drug-likeness (QED) is 0.887. The number of pyridine rings is 1. The molecule has 0 atom stereocenters. The number of ether oxygens (including phenoxy) is 1. The van der Waals surface area contributed by atoms with Crippen LogP contribution in [0.2, 0.25) is 0 Å². The fraction of sp³-hybridized carbons (Fsp3) is 0.400. The van der Waals surface area contributed by atoms with Crippen molar-refractivity contribution < 1.29 is 9.53 Å². The number of aromatic nitrogens is 2. The van der Waals surface area contributed by atoms with E-state index in [0.29, 0.717) is 17.6 Å². The van der Waals surface area contributed by atoms with Crippen molar-refractivity contribution in [1.29, 1.82) is 0 Å². The Morgan fingerprint density at radius 3 is 2.95 bits per heavy atom. The maximum atomic E-state index is 11.7. The van der Waals surface area contributed by atoms with Gasteiger partial charge in [-0.1, -0.05) is 0 Å². The molecular formula is C15H18N4O2S. The fourth-order valence-electron chi connectivity index (χ4n) is 2.41. The molecule has 6 nitrogen and oxygen atoms in total. The lowest BCUT2D eigenvalue weighted by Crippen LogP contribution is -2.28. The summed E-state index contributed by atoms with van der Waals surface area (Å²) in [6.07, 6.45) is 8.28. The first-order chi connectivity index (χ1) is 10.8. The first-order valence-corrected chi connectivity index (χ1v) is 8.23. The van der Waals surface area contributed by atoms with Crippen LogP contribution in [0.1, 0.15) is 31.2 Å². The lowest BCUT2D eigenvalue weighted by Gasteiger charge is -2.13. The minimum absolute atomic E-state index is 0.273. The van der Waals surface area contributed by atoms with E-state index >= 15 is 0 Å². The zero-order valence-electron chi connectivity index (χ0n) is 12.1. The highest BCUT2D eigenvalue weighted by Gasteiger charge is 2.17. The highest BCUT2D eigenvalue weighted by Crippen LogP contribution is 2.23. The second-order valence-electron chi connectivity index (χ2n) is 5.17. The molecule has 0 aromatic carbocycles. The van der Waals surface area contributed by atoms with E-state index in [4.69, 9.17) is 4.74 Å². The van der Waals surface area contributed by atoms with E-state index in [1.165, 1.54) is 24.2 Å². The second kappa shape index (κ2) is 7.22. The number of carbonyl (C=O) groups is 1. The molecule has 0 saturated heterocycles. The number of hydrogen-bond donors (Lipinski definition) is 2. The van der Waals surface area contributed by atoms with Crippen LogP contribution in [0.3, 0.4) is 0 Å². The van der Waals surface area contributed by atoms with Crippen molar-refractivity contribution in [3.8, 4) is 5.88 Å². The Morgan fingerprint density at radius 2 is 2.18 bits per heavy atom. The average molecular weight is 318 g/mol. The summed E-state index contributed by atoms with van der Waals surface area (Å²) in [6.45, 7) is 0.417. The third-order valence-corrected chi connectivity index (χ3v) is 4.18. The first kappa shape index (κ1) is 14.8. The Labute approximate surface area is 132 Å². The minimum Gasteiger partial charge on any atom is -0.474 e.